The molecular weight excluding hydrogens is 206 g/mol. The van der Waals surface area contributed by atoms with Crippen molar-refractivity contribution >= 4 is 5.97 Å². The van der Waals surface area contributed by atoms with Crippen LogP contribution in [0.2, 0.25) is 0 Å². The summed E-state index contributed by atoms with van der Waals surface area (Å²) in [5.74, 6) is -1.35. The molecule has 0 fully saturated rings. The van der Waals surface area contributed by atoms with Gasteiger partial charge >= 0.3 is 12.1 Å². The van der Waals surface area contributed by atoms with Gasteiger partial charge < -0.3 is 5.11 Å². The molecule has 84 valence electrons. The molecule has 0 atom stereocenters. The summed E-state index contributed by atoms with van der Waals surface area (Å²) >= 11 is 0. The number of alkyl halides is 4. The summed E-state index contributed by atoms with van der Waals surface area (Å²) in [4.78, 5) is 10.8. The molecule has 0 aliphatic heterocycles. The van der Waals surface area contributed by atoms with E-state index in [0.717, 1.165) is 0 Å². The lowest BCUT2D eigenvalue weighted by molar-refractivity contribution is -0.154. The highest BCUT2D eigenvalue weighted by molar-refractivity contribution is 5.69. The summed E-state index contributed by atoms with van der Waals surface area (Å²) in [5.41, 5.74) is 0. The van der Waals surface area contributed by atoms with Crippen molar-refractivity contribution in [2.75, 3.05) is 26.3 Å². The Bertz CT molecular complexity index is 183. The maximum absolute atomic E-state index is 11.9. The molecule has 0 rings (SSSR count). The van der Waals surface area contributed by atoms with Crippen LogP contribution in [0.4, 0.5) is 17.6 Å². The molecule has 1 N–H and O–H groups in total. The lowest BCUT2D eigenvalue weighted by atomic mass is 10.4. The minimum atomic E-state index is -4.45. The Morgan fingerprint density at radius 1 is 1.36 bits per heavy atom. The van der Waals surface area contributed by atoms with E-state index >= 15 is 0 Å². The highest BCUT2D eigenvalue weighted by Crippen LogP contribution is 2.16. The van der Waals surface area contributed by atoms with Crippen molar-refractivity contribution in [3.05, 3.63) is 0 Å². The standard InChI is InChI=1S/C7H11F4NO2/c8-2-1-3-12(4-6(13)14)5-7(9,10)11/h1-5H2,(H,13,14). The Morgan fingerprint density at radius 3 is 2.29 bits per heavy atom. The lowest BCUT2D eigenvalue weighted by Crippen LogP contribution is -2.38. The third-order valence-corrected chi connectivity index (χ3v) is 1.37. The largest absolute Gasteiger partial charge is 0.480 e. The zero-order valence-corrected chi connectivity index (χ0v) is 7.35. The monoisotopic (exact) mass is 217 g/mol. The highest BCUT2D eigenvalue weighted by atomic mass is 19.4. The maximum atomic E-state index is 11.9. The van der Waals surface area contributed by atoms with Gasteiger partial charge in [-0.2, -0.15) is 13.2 Å². The predicted molar refractivity (Wildman–Crippen MR) is 40.7 cm³/mol. The Kier molecular flexibility index (Phi) is 5.44. The van der Waals surface area contributed by atoms with Crippen LogP contribution >= 0.6 is 0 Å². The molecular formula is C7H11F4NO2. The number of halogens is 4. The summed E-state index contributed by atoms with van der Waals surface area (Å²) in [7, 11) is 0. The minimum absolute atomic E-state index is 0.0939. The SMILES string of the molecule is O=C(O)CN(CCCF)CC(F)(F)F. The van der Waals surface area contributed by atoms with Crippen molar-refractivity contribution in [2.45, 2.75) is 12.6 Å². The second-order valence-electron chi connectivity index (χ2n) is 2.76. The van der Waals surface area contributed by atoms with Crippen LogP contribution in [0.5, 0.6) is 0 Å². The summed E-state index contributed by atoms with van der Waals surface area (Å²) in [6, 6.07) is 0. The molecule has 0 aliphatic rings. The third-order valence-electron chi connectivity index (χ3n) is 1.37. The Hall–Kier alpha value is -0.850. The summed E-state index contributed by atoms with van der Waals surface area (Å²) in [6.07, 6.45) is -4.55. The van der Waals surface area contributed by atoms with Gasteiger partial charge in [-0.1, -0.05) is 0 Å². The normalized spacial score (nSPS) is 12.1. The van der Waals surface area contributed by atoms with Crippen LogP contribution in [0.15, 0.2) is 0 Å². The topological polar surface area (TPSA) is 40.5 Å². The second kappa shape index (κ2) is 5.79. The average molecular weight is 217 g/mol. The van der Waals surface area contributed by atoms with Crippen molar-refractivity contribution in [2.24, 2.45) is 0 Å². The quantitative estimate of drug-likeness (QED) is 0.681. The molecule has 0 aromatic rings. The molecule has 0 aromatic heterocycles. The van der Waals surface area contributed by atoms with E-state index in [1.165, 1.54) is 0 Å². The van der Waals surface area contributed by atoms with E-state index in [-0.39, 0.29) is 13.0 Å². The van der Waals surface area contributed by atoms with Gasteiger partial charge in [0.15, 0.2) is 0 Å². The molecule has 0 aliphatic carbocycles. The van der Waals surface area contributed by atoms with Crippen LogP contribution in [-0.4, -0.2) is 48.5 Å². The van der Waals surface area contributed by atoms with Crippen molar-refractivity contribution in [3.8, 4) is 0 Å². The van der Waals surface area contributed by atoms with Crippen molar-refractivity contribution < 1.29 is 27.5 Å². The molecule has 0 heterocycles. The van der Waals surface area contributed by atoms with Gasteiger partial charge in [0.25, 0.3) is 0 Å². The van der Waals surface area contributed by atoms with Crippen LogP contribution < -0.4 is 0 Å². The third kappa shape index (κ3) is 7.78. The fourth-order valence-corrected chi connectivity index (χ4v) is 0.942. The molecule has 0 aromatic carbocycles. The minimum Gasteiger partial charge on any atom is -0.480 e. The van der Waals surface area contributed by atoms with Gasteiger partial charge in [-0.05, 0) is 6.42 Å². The summed E-state index contributed by atoms with van der Waals surface area (Å²) < 4.78 is 47.2. The van der Waals surface area contributed by atoms with Gasteiger partial charge in [0.1, 0.15) is 0 Å². The second-order valence-corrected chi connectivity index (χ2v) is 2.76. The number of hydrogen-bond acceptors (Lipinski definition) is 2. The van der Waals surface area contributed by atoms with Crippen LogP contribution in [-0.2, 0) is 4.79 Å². The molecule has 0 saturated heterocycles. The molecule has 3 nitrogen and oxygen atoms in total. The zero-order chi connectivity index (χ0) is 11.2. The molecule has 0 bridgehead atoms. The number of rotatable bonds is 6. The van der Waals surface area contributed by atoms with E-state index in [4.69, 9.17) is 5.11 Å². The number of carboxylic acids is 1. The van der Waals surface area contributed by atoms with E-state index in [1.54, 1.807) is 0 Å². The average Bonchev–Trinajstić information content (AvgIpc) is 1.96. The number of nitrogens with zero attached hydrogens (tertiary/aromatic N) is 1. The summed E-state index contributed by atoms with van der Waals surface area (Å²) in [5, 5.41) is 8.28. The molecule has 7 heteroatoms. The van der Waals surface area contributed by atoms with Crippen LogP contribution in [0.1, 0.15) is 6.42 Å². The van der Waals surface area contributed by atoms with Crippen LogP contribution in [0.25, 0.3) is 0 Å². The first kappa shape index (κ1) is 13.2. The number of hydrogen-bond donors (Lipinski definition) is 1. The highest BCUT2D eigenvalue weighted by Gasteiger charge is 2.31. The van der Waals surface area contributed by atoms with E-state index in [0.29, 0.717) is 4.90 Å². The van der Waals surface area contributed by atoms with Crippen molar-refractivity contribution in [1.82, 2.24) is 4.90 Å². The Morgan fingerprint density at radius 2 is 1.93 bits per heavy atom. The van der Waals surface area contributed by atoms with E-state index < -0.39 is 31.9 Å². The summed E-state index contributed by atoms with van der Waals surface area (Å²) in [6.45, 7) is -3.00. The van der Waals surface area contributed by atoms with Crippen LogP contribution in [0.3, 0.4) is 0 Å². The van der Waals surface area contributed by atoms with Gasteiger partial charge in [0.2, 0.25) is 0 Å². The van der Waals surface area contributed by atoms with Gasteiger partial charge in [0, 0.05) is 6.54 Å². The first-order chi connectivity index (χ1) is 6.35. The van der Waals surface area contributed by atoms with E-state index in [1.807, 2.05) is 0 Å². The van der Waals surface area contributed by atoms with Gasteiger partial charge in [-0.15, -0.1) is 0 Å². The van der Waals surface area contributed by atoms with E-state index in [9.17, 15) is 22.4 Å². The maximum Gasteiger partial charge on any atom is 0.401 e. The zero-order valence-electron chi connectivity index (χ0n) is 7.35. The van der Waals surface area contributed by atoms with Gasteiger partial charge in [-0.3, -0.25) is 14.1 Å². The van der Waals surface area contributed by atoms with E-state index in [2.05, 4.69) is 0 Å². The van der Waals surface area contributed by atoms with Gasteiger partial charge in [0.05, 0.1) is 19.8 Å². The fourth-order valence-electron chi connectivity index (χ4n) is 0.942. The van der Waals surface area contributed by atoms with Crippen LogP contribution in [0, 0.1) is 0 Å². The Labute approximate surface area is 78.3 Å². The number of carbonyl (C=O) groups is 1. The first-order valence-corrected chi connectivity index (χ1v) is 3.92. The Balaban J connectivity index is 4.03. The number of carboxylic acid groups (broad SMARTS) is 1. The molecule has 0 spiro atoms. The molecule has 0 unspecified atom stereocenters. The fraction of sp³-hybridized carbons (Fsp3) is 0.857. The predicted octanol–water partition coefficient (Wildman–Crippen LogP) is 1.29. The van der Waals surface area contributed by atoms with Gasteiger partial charge in [-0.25, -0.2) is 0 Å². The number of aliphatic carboxylic acids is 1. The first-order valence-electron chi connectivity index (χ1n) is 3.92. The molecule has 0 saturated carbocycles. The molecule has 0 radical (unpaired) electrons. The lowest BCUT2D eigenvalue weighted by Gasteiger charge is -2.20. The molecule has 0 amide bonds. The smallest absolute Gasteiger partial charge is 0.401 e. The van der Waals surface area contributed by atoms with Crippen molar-refractivity contribution in [3.63, 3.8) is 0 Å². The van der Waals surface area contributed by atoms with Crippen molar-refractivity contribution in [1.29, 1.82) is 0 Å². The molecule has 14 heavy (non-hydrogen) atoms.